The van der Waals surface area contributed by atoms with Gasteiger partial charge in [0.2, 0.25) is 0 Å². The molecule has 2 aliphatic rings. The molecule has 19 heavy (non-hydrogen) atoms. The Labute approximate surface area is 116 Å². The topological polar surface area (TPSA) is 9.23 Å². The first kappa shape index (κ1) is 13.3. The van der Waals surface area contributed by atoms with Gasteiger partial charge in [-0.2, -0.15) is 0 Å². The standard InChI is InChI=1S/C15H17ClF2O/c16-9-15(6-7-19-14(15)10-4-5-10)8-11-12(17)2-1-3-13(11)18/h1-3,10,14H,4-9H2. The highest BCUT2D eigenvalue weighted by Gasteiger charge is 2.50. The van der Waals surface area contributed by atoms with E-state index in [0.29, 0.717) is 24.8 Å². The van der Waals surface area contributed by atoms with Gasteiger partial charge < -0.3 is 4.74 Å². The smallest absolute Gasteiger partial charge is 0.129 e. The van der Waals surface area contributed by atoms with Crippen LogP contribution in [0.15, 0.2) is 18.2 Å². The first-order valence-corrected chi connectivity index (χ1v) is 7.30. The SMILES string of the molecule is Fc1cccc(F)c1CC1(CCl)CCOC1C1CC1. The van der Waals surface area contributed by atoms with Crippen LogP contribution in [-0.4, -0.2) is 18.6 Å². The molecule has 1 aliphatic heterocycles. The fraction of sp³-hybridized carbons (Fsp3) is 0.600. The molecule has 0 spiro atoms. The second-order valence-corrected chi connectivity index (χ2v) is 6.02. The zero-order valence-corrected chi connectivity index (χ0v) is 11.4. The predicted octanol–water partition coefficient (Wildman–Crippen LogP) is 3.93. The summed E-state index contributed by atoms with van der Waals surface area (Å²) in [6.45, 7) is 0.643. The van der Waals surface area contributed by atoms with E-state index in [1.165, 1.54) is 18.2 Å². The summed E-state index contributed by atoms with van der Waals surface area (Å²) >= 11 is 6.16. The maximum atomic E-state index is 13.8. The highest BCUT2D eigenvalue weighted by Crippen LogP contribution is 2.50. The van der Waals surface area contributed by atoms with Crippen molar-refractivity contribution < 1.29 is 13.5 Å². The summed E-state index contributed by atoms with van der Waals surface area (Å²) in [5.74, 6) is -0.0463. The van der Waals surface area contributed by atoms with Gasteiger partial charge >= 0.3 is 0 Å². The number of hydrogen-bond acceptors (Lipinski definition) is 1. The number of halogens is 3. The van der Waals surface area contributed by atoms with Crippen LogP contribution >= 0.6 is 11.6 Å². The van der Waals surface area contributed by atoms with E-state index < -0.39 is 11.6 Å². The Bertz CT molecular complexity index is 455. The third kappa shape index (κ3) is 2.38. The van der Waals surface area contributed by atoms with Gasteiger partial charge in [-0.15, -0.1) is 11.6 Å². The van der Waals surface area contributed by atoms with E-state index in [4.69, 9.17) is 16.3 Å². The average Bonchev–Trinajstić information content (AvgIpc) is 3.15. The van der Waals surface area contributed by atoms with Crippen LogP contribution in [-0.2, 0) is 11.2 Å². The van der Waals surface area contributed by atoms with E-state index in [-0.39, 0.29) is 17.1 Å². The minimum Gasteiger partial charge on any atom is -0.377 e. The van der Waals surface area contributed by atoms with E-state index in [2.05, 4.69) is 0 Å². The summed E-state index contributed by atoms with van der Waals surface area (Å²) in [5, 5.41) is 0. The summed E-state index contributed by atoms with van der Waals surface area (Å²) in [6, 6.07) is 4.01. The van der Waals surface area contributed by atoms with Crippen LogP contribution in [0.3, 0.4) is 0 Å². The number of alkyl halides is 1. The largest absolute Gasteiger partial charge is 0.377 e. The van der Waals surface area contributed by atoms with E-state index >= 15 is 0 Å². The molecule has 0 aromatic heterocycles. The lowest BCUT2D eigenvalue weighted by molar-refractivity contribution is 0.0396. The van der Waals surface area contributed by atoms with Crippen molar-refractivity contribution in [1.82, 2.24) is 0 Å². The van der Waals surface area contributed by atoms with Gasteiger partial charge in [-0.25, -0.2) is 8.78 Å². The molecule has 0 N–H and O–H groups in total. The summed E-state index contributed by atoms with van der Waals surface area (Å²) in [6.07, 6.45) is 3.46. The molecule has 1 aromatic carbocycles. The molecule has 4 heteroatoms. The van der Waals surface area contributed by atoms with Crippen LogP contribution in [0, 0.1) is 23.0 Å². The molecule has 0 amide bonds. The summed E-state index contributed by atoms with van der Waals surface area (Å²) in [7, 11) is 0. The van der Waals surface area contributed by atoms with Crippen molar-refractivity contribution in [2.24, 2.45) is 11.3 Å². The van der Waals surface area contributed by atoms with Crippen molar-refractivity contribution in [3.05, 3.63) is 35.4 Å². The van der Waals surface area contributed by atoms with Crippen LogP contribution in [0.4, 0.5) is 8.78 Å². The van der Waals surface area contributed by atoms with Crippen molar-refractivity contribution in [2.45, 2.75) is 31.8 Å². The van der Waals surface area contributed by atoms with E-state index in [1.807, 2.05) is 0 Å². The van der Waals surface area contributed by atoms with E-state index in [1.54, 1.807) is 0 Å². The van der Waals surface area contributed by atoms with Crippen LogP contribution in [0.2, 0.25) is 0 Å². The quantitative estimate of drug-likeness (QED) is 0.762. The van der Waals surface area contributed by atoms with E-state index in [9.17, 15) is 8.78 Å². The van der Waals surface area contributed by atoms with Crippen LogP contribution < -0.4 is 0 Å². The molecule has 1 heterocycles. The van der Waals surface area contributed by atoms with Gasteiger partial charge in [0.1, 0.15) is 11.6 Å². The number of hydrogen-bond donors (Lipinski definition) is 0. The molecule has 0 radical (unpaired) electrons. The number of rotatable bonds is 4. The van der Waals surface area contributed by atoms with Crippen molar-refractivity contribution in [1.29, 1.82) is 0 Å². The van der Waals surface area contributed by atoms with Gasteiger partial charge in [0.05, 0.1) is 6.10 Å². The normalized spacial score (nSPS) is 30.8. The third-order valence-electron chi connectivity index (χ3n) is 4.41. The zero-order chi connectivity index (χ0) is 13.5. The minimum absolute atomic E-state index is 0.0593. The molecule has 2 atom stereocenters. The molecule has 0 bridgehead atoms. The molecule has 2 fully saturated rings. The number of ether oxygens (including phenoxy) is 1. The lowest BCUT2D eigenvalue weighted by Crippen LogP contribution is -2.37. The van der Waals surface area contributed by atoms with Crippen molar-refractivity contribution >= 4 is 11.6 Å². The fourth-order valence-corrected chi connectivity index (χ4v) is 3.56. The Morgan fingerprint density at radius 1 is 1.26 bits per heavy atom. The Morgan fingerprint density at radius 3 is 2.53 bits per heavy atom. The molecular weight excluding hydrogens is 270 g/mol. The summed E-state index contributed by atoms with van der Waals surface area (Å²) in [4.78, 5) is 0. The van der Waals surface area contributed by atoms with E-state index in [0.717, 1.165) is 19.3 Å². The fourth-order valence-electron chi connectivity index (χ4n) is 3.18. The van der Waals surface area contributed by atoms with Gasteiger partial charge in [0, 0.05) is 23.5 Å². The Morgan fingerprint density at radius 2 is 1.95 bits per heavy atom. The minimum atomic E-state index is -0.481. The average molecular weight is 287 g/mol. The Hall–Kier alpha value is -0.670. The van der Waals surface area contributed by atoms with Gasteiger partial charge in [0.25, 0.3) is 0 Å². The maximum Gasteiger partial charge on any atom is 0.129 e. The summed E-state index contributed by atoms with van der Waals surface area (Å²) in [5.41, 5.74) is -0.162. The molecule has 104 valence electrons. The molecule has 1 nitrogen and oxygen atoms in total. The van der Waals surface area contributed by atoms with Gasteiger partial charge in [0.15, 0.2) is 0 Å². The zero-order valence-electron chi connectivity index (χ0n) is 10.7. The van der Waals surface area contributed by atoms with Crippen LogP contribution in [0.1, 0.15) is 24.8 Å². The van der Waals surface area contributed by atoms with Gasteiger partial charge in [-0.3, -0.25) is 0 Å². The lowest BCUT2D eigenvalue weighted by Gasteiger charge is -2.32. The molecule has 3 rings (SSSR count). The maximum absolute atomic E-state index is 13.8. The van der Waals surface area contributed by atoms with Gasteiger partial charge in [-0.1, -0.05) is 6.07 Å². The third-order valence-corrected chi connectivity index (χ3v) is 4.94. The first-order valence-electron chi connectivity index (χ1n) is 6.77. The highest BCUT2D eigenvalue weighted by atomic mass is 35.5. The predicted molar refractivity (Wildman–Crippen MR) is 70.3 cm³/mol. The monoisotopic (exact) mass is 286 g/mol. The Kier molecular flexibility index (Phi) is 3.52. The molecular formula is C15H17ClF2O. The highest BCUT2D eigenvalue weighted by molar-refractivity contribution is 6.18. The molecule has 2 unspecified atom stereocenters. The van der Waals surface area contributed by atoms with Crippen molar-refractivity contribution in [3.8, 4) is 0 Å². The molecule has 1 aromatic rings. The van der Waals surface area contributed by atoms with Crippen molar-refractivity contribution in [3.63, 3.8) is 0 Å². The second kappa shape index (κ2) is 5.02. The first-order chi connectivity index (χ1) is 9.16. The van der Waals surface area contributed by atoms with Gasteiger partial charge in [-0.05, 0) is 43.7 Å². The molecule has 1 saturated carbocycles. The lowest BCUT2D eigenvalue weighted by atomic mass is 9.75. The summed E-state index contributed by atoms with van der Waals surface area (Å²) < 4.78 is 33.5. The number of benzene rings is 1. The molecule has 1 aliphatic carbocycles. The van der Waals surface area contributed by atoms with Crippen molar-refractivity contribution in [2.75, 3.05) is 12.5 Å². The van der Waals surface area contributed by atoms with Crippen LogP contribution in [0.5, 0.6) is 0 Å². The second-order valence-electron chi connectivity index (χ2n) is 5.75. The molecule has 1 saturated heterocycles. The van der Waals surface area contributed by atoms with Crippen LogP contribution in [0.25, 0.3) is 0 Å². The Balaban J connectivity index is 1.90.